The van der Waals surface area contributed by atoms with Crippen molar-refractivity contribution in [2.45, 2.75) is 39.5 Å². The van der Waals surface area contributed by atoms with Crippen LogP contribution < -0.4 is 5.11 Å². The van der Waals surface area contributed by atoms with Crippen LogP contribution >= 0.6 is 0 Å². The van der Waals surface area contributed by atoms with Crippen molar-refractivity contribution in [2.24, 2.45) is 0 Å². The number of aryl methyl sites for hydroxylation is 2. The molecule has 5 rings (SSSR count). The number of tetrazole rings is 1. The Kier molecular flexibility index (Phi) is 6.01. The molecule has 0 unspecified atom stereocenters. The number of fused-ring (bicyclic) bond motifs is 1. The lowest BCUT2D eigenvalue weighted by atomic mass is 9.96. The van der Waals surface area contributed by atoms with Crippen LogP contribution in [-0.2, 0) is 24.1 Å². The molecule has 10 heteroatoms. The molecule has 10 nitrogen and oxygen atoms in total. The van der Waals surface area contributed by atoms with Crippen LogP contribution in [0.5, 0.6) is 0 Å². The number of aromatic nitrogens is 8. The molecule has 0 saturated carbocycles. The molecule has 0 aliphatic heterocycles. The second-order valence-electron chi connectivity index (χ2n) is 8.30. The van der Waals surface area contributed by atoms with E-state index in [4.69, 9.17) is 4.98 Å². The van der Waals surface area contributed by atoms with Crippen molar-refractivity contribution in [3.05, 3.63) is 77.0 Å². The number of aromatic amines is 1. The first-order valence-corrected chi connectivity index (χ1v) is 11.4. The van der Waals surface area contributed by atoms with E-state index in [1.54, 1.807) is 4.52 Å². The fraction of sp³-hybridized carbons (Fsp3) is 0.240. The van der Waals surface area contributed by atoms with E-state index < -0.39 is 5.97 Å². The first-order chi connectivity index (χ1) is 17.0. The third-order valence-corrected chi connectivity index (χ3v) is 5.82. The molecule has 2 aromatic carbocycles. The Balaban J connectivity index is 1.51. The number of carboxylic acids is 1. The van der Waals surface area contributed by atoms with E-state index >= 15 is 0 Å². The second kappa shape index (κ2) is 9.41. The molecule has 0 amide bonds. The van der Waals surface area contributed by atoms with Gasteiger partial charge in [0.15, 0.2) is 11.5 Å². The second-order valence-corrected chi connectivity index (χ2v) is 8.30. The van der Waals surface area contributed by atoms with Gasteiger partial charge >= 0.3 is 0 Å². The van der Waals surface area contributed by atoms with Crippen molar-refractivity contribution in [3.8, 4) is 22.5 Å². The van der Waals surface area contributed by atoms with Gasteiger partial charge in [-0.3, -0.25) is 0 Å². The Bertz CT molecular complexity index is 1490. The predicted molar refractivity (Wildman–Crippen MR) is 126 cm³/mol. The first-order valence-electron chi connectivity index (χ1n) is 11.4. The lowest BCUT2D eigenvalue weighted by molar-refractivity contribution is -0.304. The Morgan fingerprint density at radius 1 is 1.06 bits per heavy atom. The number of nitrogens with one attached hydrogen (secondary N) is 1. The number of hydrogen-bond donors (Lipinski definition) is 1. The molecule has 0 fully saturated rings. The third kappa shape index (κ3) is 4.50. The van der Waals surface area contributed by atoms with Gasteiger partial charge in [0.25, 0.3) is 0 Å². The lowest BCUT2D eigenvalue weighted by Crippen LogP contribution is -2.24. The van der Waals surface area contributed by atoms with E-state index in [2.05, 4.69) is 61.9 Å². The molecule has 176 valence electrons. The third-order valence-electron chi connectivity index (χ3n) is 5.82. The molecular formula is C25H23N8O2-. The smallest absolute Gasteiger partial charge is 0.205 e. The van der Waals surface area contributed by atoms with Gasteiger partial charge in [0, 0.05) is 35.6 Å². The summed E-state index contributed by atoms with van der Waals surface area (Å²) < 4.78 is 1.63. The Morgan fingerprint density at radius 3 is 2.51 bits per heavy atom. The average molecular weight is 468 g/mol. The summed E-state index contributed by atoms with van der Waals surface area (Å²) in [6.07, 6.45) is 1.99. The van der Waals surface area contributed by atoms with E-state index in [9.17, 15) is 9.90 Å². The molecule has 3 heterocycles. The fourth-order valence-corrected chi connectivity index (χ4v) is 4.26. The van der Waals surface area contributed by atoms with Crippen LogP contribution in [0.15, 0.2) is 48.5 Å². The normalized spacial score (nSPS) is 11.3. The minimum absolute atomic E-state index is 0.221. The van der Waals surface area contributed by atoms with Crippen LogP contribution in [0.2, 0.25) is 0 Å². The number of carbonyl (C=O) groups excluding carboxylic acids is 1. The number of carbonyl (C=O) groups is 1. The SMILES string of the molecule is CCCc1nc(C)n2nc(CC(=O)[O-])nc2c1Cc1ccc(-c2ccccc2-c2nn[nH]n2)cc1. The lowest BCUT2D eigenvalue weighted by Gasteiger charge is -2.12. The molecule has 35 heavy (non-hydrogen) atoms. The van der Waals surface area contributed by atoms with Crippen LogP contribution in [0.1, 0.15) is 41.8 Å². The standard InChI is InChI=1S/C25H24N8O2/c1-3-6-21-20(25-27-22(14-23(34)35)30-33(25)15(2)26-21)13-16-9-11-17(12-10-16)18-7-4-5-8-19(18)24-28-31-32-29-24/h4-5,7-12H,3,6,13-14H2,1-2H3,(H,34,35)(H,28,29,31,32)/p-1. The maximum atomic E-state index is 11.1. The van der Waals surface area contributed by atoms with Crippen molar-refractivity contribution in [1.82, 2.24) is 40.2 Å². The van der Waals surface area contributed by atoms with Gasteiger partial charge in [0.05, 0.1) is 0 Å². The highest BCUT2D eigenvalue weighted by atomic mass is 16.4. The van der Waals surface area contributed by atoms with Crippen molar-refractivity contribution in [2.75, 3.05) is 0 Å². The first kappa shape index (κ1) is 22.3. The highest BCUT2D eigenvalue weighted by molar-refractivity contribution is 5.80. The minimum Gasteiger partial charge on any atom is -0.550 e. The molecule has 1 N–H and O–H groups in total. The van der Waals surface area contributed by atoms with Crippen molar-refractivity contribution >= 4 is 11.6 Å². The Hall–Kier alpha value is -4.47. The molecule has 0 spiro atoms. The molecule has 5 aromatic rings. The summed E-state index contributed by atoms with van der Waals surface area (Å²) in [6.45, 7) is 3.95. The average Bonchev–Trinajstić information content (AvgIpc) is 3.53. The predicted octanol–water partition coefficient (Wildman–Crippen LogP) is 2.12. The molecule has 0 aliphatic carbocycles. The van der Waals surface area contributed by atoms with E-state index in [1.165, 1.54) is 0 Å². The number of H-pyrrole nitrogens is 1. The molecule has 0 aliphatic rings. The van der Waals surface area contributed by atoms with Crippen LogP contribution in [-0.4, -0.2) is 46.2 Å². The molecule has 3 aromatic heterocycles. The molecule has 0 radical (unpaired) electrons. The van der Waals surface area contributed by atoms with Gasteiger partial charge in [-0.2, -0.15) is 9.73 Å². The maximum Gasteiger partial charge on any atom is 0.205 e. The summed E-state index contributed by atoms with van der Waals surface area (Å²) >= 11 is 0. The fourth-order valence-electron chi connectivity index (χ4n) is 4.26. The van der Waals surface area contributed by atoms with Gasteiger partial charge in [-0.05, 0) is 35.2 Å². The number of rotatable bonds is 8. The number of benzene rings is 2. The van der Waals surface area contributed by atoms with E-state index in [1.807, 2.05) is 31.2 Å². The zero-order valence-corrected chi connectivity index (χ0v) is 19.4. The number of aliphatic carboxylic acids is 1. The van der Waals surface area contributed by atoms with Crippen LogP contribution in [0.25, 0.3) is 28.2 Å². The minimum atomic E-state index is -1.21. The molecule has 0 bridgehead atoms. The highest BCUT2D eigenvalue weighted by Gasteiger charge is 2.17. The van der Waals surface area contributed by atoms with Gasteiger partial charge in [0.2, 0.25) is 5.82 Å². The van der Waals surface area contributed by atoms with E-state index in [-0.39, 0.29) is 12.2 Å². The van der Waals surface area contributed by atoms with E-state index in [0.717, 1.165) is 46.4 Å². The van der Waals surface area contributed by atoms with Gasteiger partial charge in [0.1, 0.15) is 5.82 Å². The maximum absolute atomic E-state index is 11.1. The van der Waals surface area contributed by atoms with Crippen molar-refractivity contribution < 1.29 is 9.90 Å². The van der Waals surface area contributed by atoms with Gasteiger partial charge in [-0.1, -0.05) is 61.9 Å². The zero-order chi connectivity index (χ0) is 24.4. The van der Waals surface area contributed by atoms with Gasteiger partial charge < -0.3 is 9.90 Å². The van der Waals surface area contributed by atoms with Crippen molar-refractivity contribution in [1.29, 1.82) is 0 Å². The highest BCUT2D eigenvalue weighted by Crippen LogP contribution is 2.30. The monoisotopic (exact) mass is 467 g/mol. The Labute approximate surface area is 201 Å². The van der Waals surface area contributed by atoms with Crippen LogP contribution in [0.4, 0.5) is 0 Å². The topological polar surface area (TPSA) is 138 Å². The summed E-state index contributed by atoms with van der Waals surface area (Å²) in [5, 5.41) is 29.9. The Morgan fingerprint density at radius 2 is 1.83 bits per heavy atom. The van der Waals surface area contributed by atoms with E-state index in [0.29, 0.717) is 23.7 Å². The summed E-state index contributed by atoms with van der Waals surface area (Å²) in [5.41, 5.74) is 6.58. The quantitative estimate of drug-likeness (QED) is 0.366. The zero-order valence-electron chi connectivity index (χ0n) is 19.4. The largest absolute Gasteiger partial charge is 0.550 e. The van der Waals surface area contributed by atoms with Crippen LogP contribution in [0.3, 0.4) is 0 Å². The van der Waals surface area contributed by atoms with Crippen molar-refractivity contribution in [3.63, 3.8) is 0 Å². The summed E-state index contributed by atoms with van der Waals surface area (Å²) in [7, 11) is 0. The molecular weight excluding hydrogens is 444 g/mol. The summed E-state index contributed by atoms with van der Waals surface area (Å²) in [4.78, 5) is 20.4. The van der Waals surface area contributed by atoms with Gasteiger partial charge in [-0.15, -0.1) is 15.3 Å². The number of hydrogen-bond acceptors (Lipinski definition) is 8. The molecule has 0 saturated heterocycles. The summed E-state index contributed by atoms with van der Waals surface area (Å²) in [6, 6.07) is 16.2. The van der Waals surface area contributed by atoms with Gasteiger partial charge in [-0.25, -0.2) is 9.97 Å². The number of nitrogens with zero attached hydrogens (tertiary/aromatic N) is 7. The summed E-state index contributed by atoms with van der Waals surface area (Å²) in [5.74, 6) is 0.232. The van der Waals surface area contributed by atoms with Crippen LogP contribution in [0, 0.1) is 6.92 Å². The number of carboxylic acid groups (broad SMARTS) is 1. The molecule has 0 atom stereocenters.